The smallest absolute Gasteiger partial charge is 0.305 e. The molecule has 1 rings (SSSR count). The van der Waals surface area contributed by atoms with E-state index in [4.69, 9.17) is 10.8 Å². The maximum atomic E-state index is 12.2. The summed E-state index contributed by atoms with van der Waals surface area (Å²) in [5, 5.41) is 8.72. The second kappa shape index (κ2) is 6.89. The molecule has 0 heterocycles. The minimum atomic E-state index is -0.845. The molecule has 0 saturated heterocycles. The Balaban J connectivity index is 2.42. The summed E-state index contributed by atoms with van der Waals surface area (Å²) in [6.45, 7) is 5.21. The number of hydrogen-bond acceptors (Lipinski definition) is 3. The Morgan fingerprint density at radius 2 is 1.89 bits per heavy atom. The van der Waals surface area contributed by atoms with Crippen LogP contribution in [0, 0.1) is 5.41 Å². The van der Waals surface area contributed by atoms with Crippen LogP contribution < -0.4 is 5.73 Å². The Morgan fingerprint density at radius 1 is 1.26 bits per heavy atom. The van der Waals surface area contributed by atoms with E-state index in [2.05, 4.69) is 13.8 Å². The van der Waals surface area contributed by atoms with Gasteiger partial charge in [-0.2, -0.15) is 0 Å². The van der Waals surface area contributed by atoms with Crippen LogP contribution in [0.2, 0.25) is 0 Å². The van der Waals surface area contributed by atoms with Gasteiger partial charge in [0.25, 0.3) is 0 Å². The van der Waals surface area contributed by atoms with Gasteiger partial charge in [0, 0.05) is 19.0 Å². The predicted octanol–water partition coefficient (Wildman–Crippen LogP) is 1.61. The second-order valence-corrected chi connectivity index (χ2v) is 6.16. The van der Waals surface area contributed by atoms with Gasteiger partial charge in [-0.05, 0) is 37.6 Å². The fourth-order valence-electron chi connectivity index (χ4n) is 2.22. The molecule has 0 unspecified atom stereocenters. The van der Waals surface area contributed by atoms with Crippen molar-refractivity contribution in [1.82, 2.24) is 4.90 Å². The van der Waals surface area contributed by atoms with Crippen molar-refractivity contribution in [2.24, 2.45) is 11.1 Å². The van der Waals surface area contributed by atoms with Crippen LogP contribution >= 0.6 is 0 Å². The number of nitrogens with zero attached hydrogens (tertiary/aromatic N) is 1. The monoisotopic (exact) mass is 270 g/mol. The van der Waals surface area contributed by atoms with Crippen LogP contribution in [0.4, 0.5) is 0 Å². The predicted molar refractivity (Wildman–Crippen MR) is 73.7 cm³/mol. The molecule has 1 amide bonds. The van der Waals surface area contributed by atoms with Crippen LogP contribution in [0.5, 0.6) is 0 Å². The van der Waals surface area contributed by atoms with Gasteiger partial charge in [0.2, 0.25) is 5.91 Å². The third-order valence-corrected chi connectivity index (χ3v) is 3.71. The number of carboxylic acid groups (broad SMARTS) is 1. The molecule has 1 aliphatic carbocycles. The number of carboxylic acids is 1. The topological polar surface area (TPSA) is 83.6 Å². The second-order valence-electron chi connectivity index (χ2n) is 6.16. The van der Waals surface area contributed by atoms with Crippen molar-refractivity contribution in [2.75, 3.05) is 13.1 Å². The molecule has 3 N–H and O–H groups in total. The first-order valence-electron chi connectivity index (χ1n) is 7.07. The van der Waals surface area contributed by atoms with Crippen molar-refractivity contribution in [3.63, 3.8) is 0 Å². The first-order valence-corrected chi connectivity index (χ1v) is 7.07. The van der Waals surface area contributed by atoms with Crippen LogP contribution in [0.3, 0.4) is 0 Å². The third-order valence-electron chi connectivity index (χ3n) is 3.71. The Bertz CT molecular complexity index is 325. The quantitative estimate of drug-likeness (QED) is 0.666. The average molecular weight is 270 g/mol. The number of carbonyl (C=O) groups is 2. The van der Waals surface area contributed by atoms with Gasteiger partial charge in [-0.25, -0.2) is 0 Å². The Kier molecular flexibility index (Phi) is 5.79. The summed E-state index contributed by atoms with van der Waals surface area (Å²) in [4.78, 5) is 24.6. The Labute approximate surface area is 115 Å². The van der Waals surface area contributed by atoms with Gasteiger partial charge in [0.1, 0.15) is 0 Å². The molecule has 1 fully saturated rings. The van der Waals surface area contributed by atoms with Gasteiger partial charge in [-0.1, -0.05) is 13.8 Å². The highest BCUT2D eigenvalue weighted by Gasteiger charge is 2.33. The molecule has 0 aromatic heterocycles. The lowest BCUT2D eigenvalue weighted by Gasteiger charge is -2.26. The van der Waals surface area contributed by atoms with Crippen LogP contribution in [0.15, 0.2) is 0 Å². The van der Waals surface area contributed by atoms with Gasteiger partial charge in [0.15, 0.2) is 0 Å². The molecule has 19 heavy (non-hydrogen) atoms. The number of hydrogen-bond donors (Lipinski definition) is 2. The van der Waals surface area contributed by atoms with Gasteiger partial charge < -0.3 is 15.7 Å². The lowest BCUT2D eigenvalue weighted by atomic mass is 9.84. The highest BCUT2D eigenvalue weighted by Crippen LogP contribution is 2.30. The summed E-state index contributed by atoms with van der Waals surface area (Å²) < 4.78 is 0. The Hall–Kier alpha value is -1.10. The zero-order chi connectivity index (χ0) is 14.5. The number of carbonyl (C=O) groups excluding carboxylic acids is 1. The summed E-state index contributed by atoms with van der Waals surface area (Å²) in [7, 11) is 0. The van der Waals surface area contributed by atoms with Crippen molar-refractivity contribution in [1.29, 1.82) is 0 Å². The zero-order valence-electron chi connectivity index (χ0n) is 12.0. The molecule has 5 nitrogen and oxygen atoms in total. The summed E-state index contributed by atoms with van der Waals surface area (Å²) in [5.74, 6) is -0.754. The lowest BCUT2D eigenvalue weighted by Crippen LogP contribution is -2.35. The summed E-state index contributed by atoms with van der Waals surface area (Å²) >= 11 is 0. The first kappa shape index (κ1) is 16.0. The third kappa shape index (κ3) is 6.05. The molecule has 1 aliphatic rings. The average Bonchev–Trinajstić information content (AvgIpc) is 3.10. The Morgan fingerprint density at radius 3 is 2.37 bits per heavy atom. The molecule has 5 heteroatoms. The molecule has 1 saturated carbocycles. The van der Waals surface area contributed by atoms with Crippen LogP contribution in [0.1, 0.15) is 52.4 Å². The van der Waals surface area contributed by atoms with E-state index >= 15 is 0 Å². The molecule has 0 atom stereocenters. The maximum Gasteiger partial charge on any atom is 0.305 e. The number of amides is 1. The SMILES string of the molecule is CC(C)(CCN)CCC(=O)N(CCC(=O)O)C1CC1. The van der Waals surface area contributed by atoms with Crippen molar-refractivity contribution in [3.05, 3.63) is 0 Å². The van der Waals surface area contributed by atoms with Gasteiger partial charge in [-0.3, -0.25) is 9.59 Å². The van der Waals surface area contributed by atoms with E-state index in [9.17, 15) is 9.59 Å². The van der Waals surface area contributed by atoms with E-state index in [-0.39, 0.29) is 23.8 Å². The van der Waals surface area contributed by atoms with Gasteiger partial charge in [-0.15, -0.1) is 0 Å². The van der Waals surface area contributed by atoms with E-state index in [0.29, 0.717) is 19.5 Å². The summed E-state index contributed by atoms with van der Waals surface area (Å²) in [6.07, 6.45) is 4.25. The molecule has 0 aliphatic heterocycles. The van der Waals surface area contributed by atoms with E-state index in [1.165, 1.54) is 0 Å². The van der Waals surface area contributed by atoms with E-state index in [0.717, 1.165) is 25.7 Å². The number of rotatable bonds is 9. The highest BCUT2D eigenvalue weighted by molar-refractivity contribution is 5.77. The maximum absolute atomic E-state index is 12.2. The van der Waals surface area contributed by atoms with E-state index < -0.39 is 5.97 Å². The molecular weight excluding hydrogens is 244 g/mol. The molecule has 0 aromatic rings. The van der Waals surface area contributed by atoms with Crippen LogP contribution in [-0.4, -0.2) is 41.0 Å². The van der Waals surface area contributed by atoms with E-state index in [1.54, 1.807) is 4.90 Å². The molecule has 0 aromatic carbocycles. The van der Waals surface area contributed by atoms with Gasteiger partial charge in [0.05, 0.1) is 6.42 Å². The fraction of sp³-hybridized carbons (Fsp3) is 0.857. The summed E-state index contributed by atoms with van der Waals surface area (Å²) in [6, 6.07) is 0.282. The number of aliphatic carboxylic acids is 1. The van der Waals surface area contributed by atoms with Crippen LogP contribution in [-0.2, 0) is 9.59 Å². The van der Waals surface area contributed by atoms with Crippen molar-refractivity contribution < 1.29 is 14.7 Å². The highest BCUT2D eigenvalue weighted by atomic mass is 16.4. The standard InChI is InChI=1S/C14H26N2O3/c1-14(2,8-9-15)7-5-12(17)16(11-3-4-11)10-6-13(18)19/h11H,3-10,15H2,1-2H3,(H,18,19). The lowest BCUT2D eigenvalue weighted by molar-refractivity contribution is -0.138. The van der Waals surface area contributed by atoms with E-state index in [1.807, 2.05) is 0 Å². The first-order chi connectivity index (χ1) is 8.85. The molecule has 0 bridgehead atoms. The van der Waals surface area contributed by atoms with Crippen molar-refractivity contribution >= 4 is 11.9 Å². The van der Waals surface area contributed by atoms with Crippen LogP contribution in [0.25, 0.3) is 0 Å². The largest absolute Gasteiger partial charge is 0.481 e. The molecule has 0 spiro atoms. The molecule has 110 valence electrons. The minimum Gasteiger partial charge on any atom is -0.481 e. The van der Waals surface area contributed by atoms with Crippen molar-refractivity contribution in [2.45, 2.75) is 58.4 Å². The van der Waals surface area contributed by atoms with Crippen molar-refractivity contribution in [3.8, 4) is 0 Å². The molecular formula is C14H26N2O3. The molecule has 0 radical (unpaired) electrons. The zero-order valence-corrected chi connectivity index (χ0v) is 12.0. The normalized spacial score (nSPS) is 15.3. The fourth-order valence-corrected chi connectivity index (χ4v) is 2.22. The number of nitrogens with two attached hydrogens (primary N) is 1. The minimum absolute atomic E-state index is 0.0361. The summed E-state index contributed by atoms with van der Waals surface area (Å²) in [5.41, 5.74) is 5.64. The van der Waals surface area contributed by atoms with Gasteiger partial charge >= 0.3 is 5.97 Å².